The lowest BCUT2D eigenvalue weighted by Gasteiger charge is -2.33. The molecule has 1 aliphatic heterocycles. The lowest BCUT2D eigenvalue weighted by molar-refractivity contribution is -0.135. The van der Waals surface area contributed by atoms with Crippen LogP contribution in [0.3, 0.4) is 0 Å². The second kappa shape index (κ2) is 6.93. The summed E-state index contributed by atoms with van der Waals surface area (Å²) in [7, 11) is 0. The summed E-state index contributed by atoms with van der Waals surface area (Å²) in [6.45, 7) is 9.85. The number of amides is 1. The molecule has 112 valence electrons. The number of carbonyl (C=O) groups is 1. The standard InChI is InChI=1S/C16H27N3O/c1-4-18-9-5-6-15(18)12-17-14-7-10-19(11-8-14)16(20)13(2)3/h5-6,9,13-14,17H,4,7-8,10-12H2,1-3H3. The third-order valence-electron chi connectivity index (χ3n) is 4.14. The molecule has 4 nitrogen and oxygen atoms in total. The molecule has 4 heteroatoms. The van der Waals surface area contributed by atoms with Gasteiger partial charge >= 0.3 is 0 Å². The Morgan fingerprint density at radius 2 is 2.10 bits per heavy atom. The van der Waals surface area contributed by atoms with Crippen molar-refractivity contribution in [3.8, 4) is 0 Å². The maximum atomic E-state index is 11.9. The van der Waals surface area contributed by atoms with E-state index in [0.29, 0.717) is 11.9 Å². The molecule has 1 aliphatic rings. The van der Waals surface area contributed by atoms with Crippen molar-refractivity contribution in [2.45, 2.75) is 52.7 Å². The highest BCUT2D eigenvalue weighted by atomic mass is 16.2. The predicted octanol–water partition coefficient (Wildman–Crippen LogP) is 2.24. The summed E-state index contributed by atoms with van der Waals surface area (Å²) in [6.07, 6.45) is 4.25. The largest absolute Gasteiger partial charge is 0.351 e. The van der Waals surface area contributed by atoms with Crippen molar-refractivity contribution in [3.63, 3.8) is 0 Å². The highest BCUT2D eigenvalue weighted by molar-refractivity contribution is 5.78. The molecule has 0 unspecified atom stereocenters. The van der Waals surface area contributed by atoms with E-state index in [1.807, 2.05) is 18.7 Å². The van der Waals surface area contributed by atoms with Gasteiger partial charge in [-0.05, 0) is 31.9 Å². The van der Waals surface area contributed by atoms with Crippen LogP contribution in [-0.2, 0) is 17.9 Å². The van der Waals surface area contributed by atoms with E-state index in [4.69, 9.17) is 0 Å². The van der Waals surface area contributed by atoms with Gasteiger partial charge in [-0.25, -0.2) is 0 Å². The van der Waals surface area contributed by atoms with Crippen LogP contribution in [0.1, 0.15) is 39.3 Å². The molecule has 1 aromatic heterocycles. The maximum absolute atomic E-state index is 11.9. The smallest absolute Gasteiger partial charge is 0.225 e. The normalized spacial score (nSPS) is 16.9. The lowest BCUT2D eigenvalue weighted by atomic mass is 10.0. The first-order valence-electron chi connectivity index (χ1n) is 7.78. The molecule has 2 heterocycles. The summed E-state index contributed by atoms with van der Waals surface area (Å²) < 4.78 is 2.27. The minimum atomic E-state index is 0.118. The zero-order chi connectivity index (χ0) is 14.5. The van der Waals surface area contributed by atoms with E-state index < -0.39 is 0 Å². The summed E-state index contributed by atoms with van der Waals surface area (Å²) in [5, 5.41) is 3.63. The first kappa shape index (κ1) is 15.1. The Hall–Kier alpha value is -1.29. The van der Waals surface area contributed by atoms with Crippen molar-refractivity contribution in [1.29, 1.82) is 0 Å². The Morgan fingerprint density at radius 1 is 1.40 bits per heavy atom. The number of aromatic nitrogens is 1. The topological polar surface area (TPSA) is 37.3 Å². The molecule has 2 rings (SSSR count). The number of hydrogen-bond donors (Lipinski definition) is 1. The molecule has 1 aromatic rings. The number of carbonyl (C=O) groups excluding carboxylic acids is 1. The summed E-state index contributed by atoms with van der Waals surface area (Å²) in [6, 6.07) is 4.81. The van der Waals surface area contributed by atoms with Gasteiger partial charge in [0.25, 0.3) is 0 Å². The maximum Gasteiger partial charge on any atom is 0.225 e. The monoisotopic (exact) mass is 277 g/mol. The molecule has 0 spiro atoms. The van der Waals surface area contributed by atoms with Gasteiger partial charge in [0.15, 0.2) is 0 Å². The SMILES string of the molecule is CCn1cccc1CNC1CCN(C(=O)C(C)C)CC1. The second-order valence-electron chi connectivity index (χ2n) is 5.92. The van der Waals surface area contributed by atoms with Gasteiger partial charge in [0.2, 0.25) is 5.91 Å². The summed E-state index contributed by atoms with van der Waals surface area (Å²) >= 11 is 0. The fourth-order valence-electron chi connectivity index (χ4n) is 2.84. The molecule has 0 saturated carbocycles. The molecule has 1 amide bonds. The molecule has 0 atom stereocenters. The summed E-state index contributed by atoms with van der Waals surface area (Å²) in [4.78, 5) is 13.9. The predicted molar refractivity (Wildman–Crippen MR) is 81.4 cm³/mol. The van der Waals surface area contributed by atoms with Crippen molar-refractivity contribution in [2.24, 2.45) is 5.92 Å². The summed E-state index contributed by atoms with van der Waals surface area (Å²) in [5.74, 6) is 0.413. The first-order chi connectivity index (χ1) is 9.61. The number of piperidine rings is 1. The lowest BCUT2D eigenvalue weighted by Crippen LogP contribution is -2.46. The zero-order valence-corrected chi connectivity index (χ0v) is 12.9. The van der Waals surface area contributed by atoms with Crippen molar-refractivity contribution in [1.82, 2.24) is 14.8 Å². The number of aryl methyl sites for hydroxylation is 1. The molecule has 0 bridgehead atoms. The van der Waals surface area contributed by atoms with E-state index >= 15 is 0 Å². The van der Waals surface area contributed by atoms with E-state index in [9.17, 15) is 4.79 Å². The van der Waals surface area contributed by atoms with Crippen LogP contribution in [0.15, 0.2) is 18.3 Å². The summed E-state index contributed by atoms with van der Waals surface area (Å²) in [5.41, 5.74) is 1.34. The van der Waals surface area contributed by atoms with Crippen molar-refractivity contribution in [2.75, 3.05) is 13.1 Å². The van der Waals surface area contributed by atoms with Crippen molar-refractivity contribution >= 4 is 5.91 Å². The van der Waals surface area contributed by atoms with Crippen LogP contribution in [0.2, 0.25) is 0 Å². The third-order valence-corrected chi connectivity index (χ3v) is 4.14. The molecule has 1 saturated heterocycles. The number of nitrogens with zero attached hydrogens (tertiary/aromatic N) is 2. The minimum absolute atomic E-state index is 0.118. The molecule has 1 N–H and O–H groups in total. The Labute approximate surface area is 122 Å². The molecule has 20 heavy (non-hydrogen) atoms. The van der Waals surface area contributed by atoms with Gasteiger partial charge < -0.3 is 14.8 Å². The van der Waals surface area contributed by atoms with Crippen LogP contribution < -0.4 is 5.32 Å². The van der Waals surface area contributed by atoms with Crippen LogP contribution in [0.5, 0.6) is 0 Å². The van der Waals surface area contributed by atoms with Crippen LogP contribution in [-0.4, -0.2) is 34.5 Å². The molecular weight excluding hydrogens is 250 g/mol. The number of nitrogens with one attached hydrogen (secondary N) is 1. The van der Waals surface area contributed by atoms with E-state index in [-0.39, 0.29) is 5.92 Å². The average molecular weight is 277 g/mol. The van der Waals surface area contributed by atoms with Crippen LogP contribution >= 0.6 is 0 Å². The molecule has 1 fully saturated rings. The van der Waals surface area contributed by atoms with Crippen LogP contribution in [0.4, 0.5) is 0 Å². The van der Waals surface area contributed by atoms with Gasteiger partial charge in [0, 0.05) is 50.0 Å². The molecule has 0 aliphatic carbocycles. The highest BCUT2D eigenvalue weighted by Gasteiger charge is 2.23. The van der Waals surface area contributed by atoms with Gasteiger partial charge in [0.1, 0.15) is 0 Å². The minimum Gasteiger partial charge on any atom is -0.351 e. The highest BCUT2D eigenvalue weighted by Crippen LogP contribution is 2.14. The zero-order valence-electron chi connectivity index (χ0n) is 12.9. The molecule has 0 aromatic carbocycles. The van der Waals surface area contributed by atoms with Crippen molar-refractivity contribution in [3.05, 3.63) is 24.0 Å². The van der Waals surface area contributed by atoms with E-state index in [1.165, 1.54) is 5.69 Å². The Balaban J connectivity index is 1.76. The van der Waals surface area contributed by atoms with Crippen molar-refractivity contribution < 1.29 is 4.79 Å². The van der Waals surface area contributed by atoms with Gasteiger partial charge in [-0.2, -0.15) is 0 Å². The Kier molecular flexibility index (Phi) is 5.24. The average Bonchev–Trinajstić information content (AvgIpc) is 2.92. The van der Waals surface area contributed by atoms with Gasteiger partial charge in [-0.3, -0.25) is 4.79 Å². The van der Waals surface area contributed by atoms with Crippen LogP contribution in [0, 0.1) is 5.92 Å². The van der Waals surface area contributed by atoms with E-state index in [2.05, 4.69) is 35.1 Å². The molecule has 0 radical (unpaired) electrons. The van der Waals surface area contributed by atoms with Gasteiger partial charge in [0.05, 0.1) is 0 Å². The Bertz CT molecular complexity index is 431. The number of rotatable bonds is 5. The Morgan fingerprint density at radius 3 is 2.70 bits per heavy atom. The molecular formula is C16H27N3O. The van der Waals surface area contributed by atoms with Gasteiger partial charge in [-0.15, -0.1) is 0 Å². The second-order valence-corrected chi connectivity index (χ2v) is 5.92. The van der Waals surface area contributed by atoms with Gasteiger partial charge in [-0.1, -0.05) is 13.8 Å². The number of hydrogen-bond acceptors (Lipinski definition) is 2. The van der Waals surface area contributed by atoms with E-state index in [0.717, 1.165) is 39.0 Å². The number of likely N-dealkylation sites (tertiary alicyclic amines) is 1. The van der Waals surface area contributed by atoms with Crippen LogP contribution in [0.25, 0.3) is 0 Å². The fraction of sp³-hybridized carbons (Fsp3) is 0.688. The third kappa shape index (κ3) is 3.63. The fourth-order valence-corrected chi connectivity index (χ4v) is 2.84. The van der Waals surface area contributed by atoms with E-state index in [1.54, 1.807) is 0 Å². The quantitative estimate of drug-likeness (QED) is 0.896. The first-order valence-corrected chi connectivity index (χ1v) is 7.78.